The fourth-order valence-corrected chi connectivity index (χ4v) is 4.37. The number of rotatable bonds is 4. The molecule has 1 amide bonds. The summed E-state index contributed by atoms with van der Waals surface area (Å²) in [5.41, 5.74) is -0.227. The molecule has 0 saturated carbocycles. The van der Waals surface area contributed by atoms with Crippen LogP contribution >= 0.6 is 11.8 Å². The van der Waals surface area contributed by atoms with Crippen LogP contribution in [0.2, 0.25) is 0 Å². The van der Waals surface area contributed by atoms with E-state index in [0.717, 1.165) is 51.1 Å². The van der Waals surface area contributed by atoms with Crippen molar-refractivity contribution in [3.05, 3.63) is 0 Å². The molecule has 2 aliphatic heterocycles. The van der Waals surface area contributed by atoms with E-state index in [0.29, 0.717) is 11.2 Å². The largest absolute Gasteiger partial charge is 0.339 e. The van der Waals surface area contributed by atoms with Crippen LogP contribution in [0.1, 0.15) is 46.0 Å². The second-order valence-corrected chi connectivity index (χ2v) is 6.92. The van der Waals surface area contributed by atoms with Crippen LogP contribution in [-0.2, 0) is 4.79 Å². The molecule has 2 fully saturated rings. The molecule has 0 aromatic rings. The monoisotopic (exact) mass is 270 g/mol. The van der Waals surface area contributed by atoms with Gasteiger partial charge in [-0.2, -0.15) is 11.8 Å². The number of hydrogen-bond acceptors (Lipinski definition) is 3. The minimum absolute atomic E-state index is 0.227. The van der Waals surface area contributed by atoms with Gasteiger partial charge in [0.2, 0.25) is 5.91 Å². The Kier molecular flexibility index (Phi) is 4.96. The number of amides is 1. The maximum Gasteiger partial charge on any atom is 0.242 e. The van der Waals surface area contributed by atoms with Crippen LogP contribution in [0.25, 0.3) is 0 Å². The molecular formula is C14H26N2OS. The Labute approximate surface area is 115 Å². The summed E-state index contributed by atoms with van der Waals surface area (Å²) in [6.07, 6.45) is 5.42. The van der Waals surface area contributed by atoms with E-state index in [1.807, 2.05) is 11.8 Å². The van der Waals surface area contributed by atoms with Crippen molar-refractivity contribution in [3.63, 3.8) is 0 Å². The third-order valence-electron chi connectivity index (χ3n) is 4.21. The molecule has 0 aromatic heterocycles. The van der Waals surface area contributed by atoms with E-state index >= 15 is 0 Å². The van der Waals surface area contributed by atoms with Crippen LogP contribution < -0.4 is 5.32 Å². The summed E-state index contributed by atoms with van der Waals surface area (Å²) in [6, 6.07) is 0. The Hall–Kier alpha value is -0.220. The Balaban J connectivity index is 2.04. The smallest absolute Gasteiger partial charge is 0.242 e. The third-order valence-corrected chi connectivity index (χ3v) is 5.58. The highest BCUT2D eigenvalue weighted by molar-refractivity contribution is 8.00. The zero-order valence-electron chi connectivity index (χ0n) is 11.7. The molecule has 0 spiro atoms. The fourth-order valence-electron chi connectivity index (χ4n) is 3.19. The summed E-state index contributed by atoms with van der Waals surface area (Å²) < 4.78 is 0. The maximum absolute atomic E-state index is 12.8. The average Bonchev–Trinajstić information content (AvgIpc) is 2.88. The van der Waals surface area contributed by atoms with Crippen molar-refractivity contribution < 1.29 is 4.79 Å². The first-order valence-electron chi connectivity index (χ1n) is 7.38. The standard InChI is InChI=1S/C14H26N2OS/c1-3-6-14(7-5-8-15-14)13(17)16-9-10-18-12(4-2)11-16/h12,15H,3-11H2,1-2H3. The summed E-state index contributed by atoms with van der Waals surface area (Å²) >= 11 is 2.02. The van der Waals surface area contributed by atoms with Gasteiger partial charge in [0.25, 0.3) is 0 Å². The molecule has 2 rings (SSSR count). The van der Waals surface area contributed by atoms with E-state index in [4.69, 9.17) is 0 Å². The Bertz CT molecular complexity index is 290. The number of carbonyl (C=O) groups excluding carboxylic acids is 1. The van der Waals surface area contributed by atoms with E-state index in [1.165, 1.54) is 6.42 Å². The third kappa shape index (κ3) is 2.85. The van der Waals surface area contributed by atoms with Gasteiger partial charge in [-0.1, -0.05) is 20.3 Å². The van der Waals surface area contributed by atoms with Gasteiger partial charge in [-0.15, -0.1) is 0 Å². The Morgan fingerprint density at radius 2 is 2.33 bits per heavy atom. The molecule has 18 heavy (non-hydrogen) atoms. The minimum Gasteiger partial charge on any atom is -0.339 e. The van der Waals surface area contributed by atoms with Crippen molar-refractivity contribution in [2.75, 3.05) is 25.4 Å². The minimum atomic E-state index is -0.227. The zero-order valence-corrected chi connectivity index (χ0v) is 12.5. The predicted octanol–water partition coefficient (Wildman–Crippen LogP) is 2.26. The first-order chi connectivity index (χ1) is 8.72. The van der Waals surface area contributed by atoms with E-state index in [9.17, 15) is 4.79 Å². The molecule has 4 heteroatoms. The lowest BCUT2D eigenvalue weighted by Crippen LogP contribution is -2.57. The first-order valence-corrected chi connectivity index (χ1v) is 8.42. The topological polar surface area (TPSA) is 32.3 Å². The lowest BCUT2D eigenvalue weighted by Gasteiger charge is -2.38. The van der Waals surface area contributed by atoms with Crippen molar-refractivity contribution >= 4 is 17.7 Å². The van der Waals surface area contributed by atoms with Crippen LogP contribution in [0.15, 0.2) is 0 Å². The molecular weight excluding hydrogens is 244 g/mol. The highest BCUT2D eigenvalue weighted by Crippen LogP contribution is 2.30. The molecule has 0 bridgehead atoms. The Morgan fingerprint density at radius 3 is 2.94 bits per heavy atom. The number of nitrogens with one attached hydrogen (secondary N) is 1. The van der Waals surface area contributed by atoms with E-state index in [2.05, 4.69) is 24.1 Å². The highest BCUT2D eigenvalue weighted by Gasteiger charge is 2.43. The van der Waals surface area contributed by atoms with Gasteiger partial charge in [0.1, 0.15) is 0 Å². The molecule has 0 radical (unpaired) electrons. The molecule has 0 aromatic carbocycles. The van der Waals surface area contributed by atoms with Crippen LogP contribution in [0.5, 0.6) is 0 Å². The molecule has 2 atom stereocenters. The normalized spacial score (nSPS) is 32.8. The summed E-state index contributed by atoms with van der Waals surface area (Å²) in [5, 5.41) is 4.14. The van der Waals surface area contributed by atoms with Crippen molar-refractivity contribution in [3.8, 4) is 0 Å². The number of carbonyl (C=O) groups is 1. The van der Waals surface area contributed by atoms with Crippen molar-refractivity contribution in [2.45, 2.75) is 56.7 Å². The lowest BCUT2D eigenvalue weighted by atomic mass is 9.90. The Morgan fingerprint density at radius 1 is 1.50 bits per heavy atom. The second-order valence-electron chi connectivity index (χ2n) is 5.51. The van der Waals surface area contributed by atoms with Crippen LogP contribution in [0.3, 0.4) is 0 Å². The zero-order chi connectivity index (χ0) is 13.0. The molecule has 2 heterocycles. The number of nitrogens with zero attached hydrogens (tertiary/aromatic N) is 1. The SMILES string of the molecule is CCCC1(C(=O)N2CCSC(CC)C2)CCCN1. The van der Waals surface area contributed by atoms with Gasteiger partial charge in [0.05, 0.1) is 5.54 Å². The molecule has 104 valence electrons. The summed E-state index contributed by atoms with van der Waals surface area (Å²) in [5.74, 6) is 1.48. The number of thioether (sulfide) groups is 1. The highest BCUT2D eigenvalue weighted by atomic mass is 32.2. The lowest BCUT2D eigenvalue weighted by molar-refractivity contribution is -0.138. The van der Waals surface area contributed by atoms with Crippen molar-refractivity contribution in [1.29, 1.82) is 0 Å². The molecule has 0 aliphatic carbocycles. The van der Waals surface area contributed by atoms with Gasteiger partial charge in [0, 0.05) is 24.1 Å². The molecule has 2 unspecified atom stereocenters. The molecule has 3 nitrogen and oxygen atoms in total. The number of hydrogen-bond donors (Lipinski definition) is 1. The molecule has 2 saturated heterocycles. The van der Waals surface area contributed by atoms with Gasteiger partial charge in [-0.25, -0.2) is 0 Å². The average molecular weight is 270 g/mol. The van der Waals surface area contributed by atoms with Crippen LogP contribution in [0, 0.1) is 0 Å². The maximum atomic E-state index is 12.8. The predicted molar refractivity (Wildman–Crippen MR) is 78.0 cm³/mol. The van der Waals surface area contributed by atoms with Crippen molar-refractivity contribution in [1.82, 2.24) is 10.2 Å². The van der Waals surface area contributed by atoms with Crippen molar-refractivity contribution in [2.24, 2.45) is 0 Å². The van der Waals surface area contributed by atoms with E-state index in [-0.39, 0.29) is 5.54 Å². The van der Waals surface area contributed by atoms with Gasteiger partial charge in [-0.3, -0.25) is 4.79 Å². The molecule has 1 N–H and O–H groups in total. The summed E-state index contributed by atoms with van der Waals surface area (Å²) in [4.78, 5) is 15.0. The van der Waals surface area contributed by atoms with Gasteiger partial charge >= 0.3 is 0 Å². The van der Waals surface area contributed by atoms with Crippen LogP contribution in [0.4, 0.5) is 0 Å². The second kappa shape index (κ2) is 6.29. The quantitative estimate of drug-likeness (QED) is 0.850. The van der Waals surface area contributed by atoms with Gasteiger partial charge < -0.3 is 10.2 Å². The summed E-state index contributed by atoms with van der Waals surface area (Å²) in [6.45, 7) is 7.29. The van der Waals surface area contributed by atoms with E-state index in [1.54, 1.807) is 0 Å². The summed E-state index contributed by atoms with van der Waals surface area (Å²) in [7, 11) is 0. The molecule has 2 aliphatic rings. The van der Waals surface area contributed by atoms with Crippen LogP contribution in [-0.4, -0.2) is 47.0 Å². The fraction of sp³-hybridized carbons (Fsp3) is 0.929. The van der Waals surface area contributed by atoms with E-state index < -0.39 is 0 Å². The van der Waals surface area contributed by atoms with Gasteiger partial charge in [-0.05, 0) is 32.2 Å². The van der Waals surface area contributed by atoms with Gasteiger partial charge in [0.15, 0.2) is 0 Å². The first kappa shape index (κ1) is 14.2.